The van der Waals surface area contributed by atoms with E-state index in [0.29, 0.717) is 18.3 Å². The molecule has 0 atom stereocenters. The first kappa shape index (κ1) is 20.7. The Morgan fingerprint density at radius 2 is 1.66 bits per heavy atom. The molecule has 0 saturated heterocycles. The molecule has 0 fully saturated rings. The predicted molar refractivity (Wildman–Crippen MR) is 114 cm³/mol. The summed E-state index contributed by atoms with van der Waals surface area (Å²) in [4.78, 5) is 12.9. The van der Waals surface area contributed by atoms with E-state index in [1.807, 2.05) is 44.2 Å². The number of nitrogens with zero attached hydrogens (tertiary/aromatic N) is 3. The van der Waals surface area contributed by atoms with Crippen LogP contribution in [0.25, 0.3) is 0 Å². The van der Waals surface area contributed by atoms with Crippen molar-refractivity contribution >= 4 is 27.5 Å². The van der Waals surface area contributed by atoms with Gasteiger partial charge in [-0.25, -0.2) is 18.1 Å². The Bertz CT molecular complexity index is 1070. The van der Waals surface area contributed by atoms with Crippen LogP contribution < -0.4 is 15.4 Å². The number of sulfonamides is 1. The number of rotatable bonds is 8. The van der Waals surface area contributed by atoms with Crippen LogP contribution in [0.3, 0.4) is 0 Å². The van der Waals surface area contributed by atoms with Gasteiger partial charge in [-0.1, -0.05) is 17.7 Å². The fraction of sp³-hybridized carbons (Fsp3) is 0.250. The van der Waals surface area contributed by atoms with E-state index in [4.69, 9.17) is 0 Å². The molecule has 152 valence electrons. The molecule has 29 heavy (non-hydrogen) atoms. The SMILES string of the molecule is Cc1ccc(Nc2cc(C)nc(NCCNS(=O)(=O)c3ccc(C)nc3)n2)cc1. The second kappa shape index (κ2) is 8.97. The lowest BCUT2D eigenvalue weighted by atomic mass is 10.2. The number of pyridine rings is 1. The van der Waals surface area contributed by atoms with Gasteiger partial charge < -0.3 is 10.6 Å². The molecular weight excluding hydrogens is 388 g/mol. The van der Waals surface area contributed by atoms with Crippen molar-refractivity contribution in [2.75, 3.05) is 23.7 Å². The lowest BCUT2D eigenvalue weighted by Gasteiger charge is -2.11. The smallest absolute Gasteiger partial charge is 0.242 e. The van der Waals surface area contributed by atoms with Gasteiger partial charge in [-0.2, -0.15) is 4.98 Å². The maximum Gasteiger partial charge on any atom is 0.242 e. The van der Waals surface area contributed by atoms with Crippen LogP contribution in [0.1, 0.15) is 17.0 Å². The summed E-state index contributed by atoms with van der Waals surface area (Å²) in [6.45, 7) is 6.24. The van der Waals surface area contributed by atoms with Gasteiger partial charge in [-0.3, -0.25) is 4.98 Å². The minimum Gasteiger partial charge on any atom is -0.353 e. The highest BCUT2D eigenvalue weighted by atomic mass is 32.2. The van der Waals surface area contributed by atoms with Gasteiger partial charge in [0, 0.05) is 42.4 Å². The fourth-order valence-electron chi connectivity index (χ4n) is 2.55. The number of hydrogen-bond acceptors (Lipinski definition) is 7. The lowest BCUT2D eigenvalue weighted by molar-refractivity contribution is 0.582. The highest BCUT2D eigenvalue weighted by molar-refractivity contribution is 7.89. The average Bonchev–Trinajstić information content (AvgIpc) is 2.67. The van der Waals surface area contributed by atoms with Crippen molar-refractivity contribution in [3.05, 3.63) is 65.6 Å². The summed E-state index contributed by atoms with van der Waals surface area (Å²) >= 11 is 0. The Morgan fingerprint density at radius 1 is 0.897 bits per heavy atom. The van der Waals surface area contributed by atoms with Gasteiger partial charge in [0.05, 0.1) is 0 Å². The molecule has 0 radical (unpaired) electrons. The molecule has 0 bridgehead atoms. The Labute approximate surface area is 170 Å². The molecule has 3 aromatic rings. The van der Waals surface area contributed by atoms with Gasteiger partial charge in [-0.05, 0) is 45.0 Å². The summed E-state index contributed by atoms with van der Waals surface area (Å²) in [7, 11) is -3.60. The quantitative estimate of drug-likeness (QED) is 0.488. The number of aryl methyl sites for hydroxylation is 3. The van der Waals surface area contributed by atoms with E-state index in [0.717, 1.165) is 17.1 Å². The Balaban J connectivity index is 1.57. The summed E-state index contributed by atoms with van der Waals surface area (Å²) in [6.07, 6.45) is 1.35. The van der Waals surface area contributed by atoms with Crippen LogP contribution in [0, 0.1) is 20.8 Å². The number of nitrogens with one attached hydrogen (secondary N) is 3. The second-order valence-electron chi connectivity index (χ2n) is 6.67. The molecular formula is C20H24N6O2S. The monoisotopic (exact) mass is 412 g/mol. The van der Waals surface area contributed by atoms with Gasteiger partial charge in [0.2, 0.25) is 16.0 Å². The molecule has 1 aromatic carbocycles. The number of aromatic nitrogens is 3. The van der Waals surface area contributed by atoms with Gasteiger partial charge in [-0.15, -0.1) is 0 Å². The number of anilines is 3. The zero-order chi connectivity index (χ0) is 20.9. The molecule has 0 aliphatic carbocycles. The van der Waals surface area contributed by atoms with Crippen LogP contribution in [0.4, 0.5) is 17.5 Å². The zero-order valence-electron chi connectivity index (χ0n) is 16.6. The minimum absolute atomic E-state index is 0.138. The van der Waals surface area contributed by atoms with Crippen LogP contribution in [0.15, 0.2) is 53.6 Å². The molecule has 3 N–H and O–H groups in total. The van der Waals surface area contributed by atoms with Crippen LogP contribution >= 0.6 is 0 Å². The second-order valence-corrected chi connectivity index (χ2v) is 8.44. The number of benzene rings is 1. The zero-order valence-corrected chi connectivity index (χ0v) is 17.4. The van der Waals surface area contributed by atoms with E-state index in [1.54, 1.807) is 13.0 Å². The average molecular weight is 413 g/mol. The van der Waals surface area contributed by atoms with E-state index in [-0.39, 0.29) is 11.4 Å². The van der Waals surface area contributed by atoms with Gasteiger partial charge in [0.1, 0.15) is 10.7 Å². The van der Waals surface area contributed by atoms with Crippen molar-refractivity contribution in [1.29, 1.82) is 0 Å². The lowest BCUT2D eigenvalue weighted by Crippen LogP contribution is -2.29. The highest BCUT2D eigenvalue weighted by Gasteiger charge is 2.13. The Hall–Kier alpha value is -3.04. The Morgan fingerprint density at radius 3 is 2.34 bits per heavy atom. The predicted octanol–water partition coefficient (Wildman–Crippen LogP) is 2.93. The third-order valence-corrected chi connectivity index (χ3v) is 5.52. The standard InChI is InChI=1S/C20H24N6O2S/c1-14-4-7-17(8-5-14)25-19-12-16(3)24-20(26-19)21-10-11-23-29(27,28)18-9-6-15(2)22-13-18/h4-9,12-13,23H,10-11H2,1-3H3,(H2,21,24,25,26). The van der Waals surface area contributed by atoms with Crippen molar-refractivity contribution in [3.63, 3.8) is 0 Å². The van der Waals surface area contributed by atoms with E-state index < -0.39 is 10.0 Å². The molecule has 2 aromatic heterocycles. The summed E-state index contributed by atoms with van der Waals surface area (Å²) in [5.41, 5.74) is 3.67. The van der Waals surface area contributed by atoms with Gasteiger partial charge in [0.25, 0.3) is 0 Å². The summed E-state index contributed by atoms with van der Waals surface area (Å²) in [5, 5.41) is 6.29. The fourth-order valence-corrected chi connectivity index (χ4v) is 3.53. The molecule has 0 unspecified atom stereocenters. The first-order valence-electron chi connectivity index (χ1n) is 9.17. The first-order valence-corrected chi connectivity index (χ1v) is 10.7. The number of hydrogen-bond donors (Lipinski definition) is 3. The first-order chi connectivity index (χ1) is 13.8. The van der Waals surface area contributed by atoms with E-state index in [1.165, 1.54) is 17.8 Å². The van der Waals surface area contributed by atoms with Crippen LogP contribution in [0.2, 0.25) is 0 Å². The molecule has 0 spiro atoms. The van der Waals surface area contributed by atoms with Gasteiger partial charge >= 0.3 is 0 Å². The normalized spacial score (nSPS) is 11.3. The van der Waals surface area contributed by atoms with Crippen LogP contribution in [0.5, 0.6) is 0 Å². The van der Waals surface area contributed by atoms with Crippen molar-refractivity contribution < 1.29 is 8.42 Å². The maximum atomic E-state index is 12.3. The molecule has 0 saturated carbocycles. The molecule has 0 aliphatic rings. The summed E-state index contributed by atoms with van der Waals surface area (Å²) in [6, 6.07) is 13.0. The van der Waals surface area contributed by atoms with E-state index >= 15 is 0 Å². The molecule has 3 rings (SSSR count). The van der Waals surface area contributed by atoms with Crippen LogP contribution in [-0.4, -0.2) is 36.5 Å². The molecule has 2 heterocycles. The third kappa shape index (κ3) is 5.97. The maximum absolute atomic E-state index is 12.3. The summed E-state index contributed by atoms with van der Waals surface area (Å²) < 4.78 is 27.1. The van der Waals surface area contributed by atoms with E-state index in [2.05, 4.69) is 30.3 Å². The summed E-state index contributed by atoms with van der Waals surface area (Å²) in [5.74, 6) is 1.09. The van der Waals surface area contributed by atoms with Gasteiger partial charge in [0.15, 0.2) is 0 Å². The van der Waals surface area contributed by atoms with Crippen molar-refractivity contribution in [1.82, 2.24) is 19.7 Å². The molecule has 8 nitrogen and oxygen atoms in total. The van der Waals surface area contributed by atoms with E-state index in [9.17, 15) is 8.42 Å². The Kier molecular flexibility index (Phi) is 6.40. The highest BCUT2D eigenvalue weighted by Crippen LogP contribution is 2.17. The minimum atomic E-state index is -3.60. The molecule has 0 amide bonds. The third-order valence-electron chi connectivity index (χ3n) is 4.07. The topological polar surface area (TPSA) is 109 Å². The van der Waals surface area contributed by atoms with Crippen molar-refractivity contribution in [3.8, 4) is 0 Å². The largest absolute Gasteiger partial charge is 0.353 e. The van der Waals surface area contributed by atoms with Crippen molar-refractivity contribution in [2.45, 2.75) is 25.7 Å². The van der Waals surface area contributed by atoms with Crippen molar-refractivity contribution in [2.24, 2.45) is 0 Å². The molecule has 0 aliphatic heterocycles. The van der Waals surface area contributed by atoms with Crippen LogP contribution in [-0.2, 0) is 10.0 Å². The molecule has 9 heteroatoms.